The lowest BCUT2D eigenvalue weighted by Crippen LogP contribution is -2.53. The second-order valence-electron chi connectivity index (χ2n) is 9.75. The maximum absolute atomic E-state index is 13.1. The number of hydrogen-bond donors (Lipinski definition) is 2. The topological polar surface area (TPSA) is 84.7 Å². The molecular weight excluding hydrogens is 486 g/mol. The van der Waals surface area contributed by atoms with Crippen LogP contribution in [0, 0.1) is 0 Å². The van der Waals surface area contributed by atoms with Crippen LogP contribution in [0.1, 0.15) is 46.8 Å². The van der Waals surface area contributed by atoms with Gasteiger partial charge in [-0.3, -0.25) is 14.5 Å². The van der Waals surface area contributed by atoms with Crippen LogP contribution < -0.4 is 15.8 Å². The molecule has 2 unspecified atom stereocenters. The smallest absolute Gasteiger partial charge is 0.238 e. The Labute approximate surface area is 223 Å². The number of hydrogen-bond acceptors (Lipinski definition) is 5. The van der Waals surface area contributed by atoms with Gasteiger partial charge in [0.05, 0.1) is 7.11 Å². The third kappa shape index (κ3) is 6.39. The molecular formula is C30H34ClN3O3. The van der Waals surface area contributed by atoms with Gasteiger partial charge in [0, 0.05) is 36.3 Å². The first kappa shape index (κ1) is 26.9. The molecule has 3 N–H and O–H groups in total. The van der Waals surface area contributed by atoms with Crippen LogP contribution in [0.2, 0.25) is 5.02 Å². The molecule has 1 heterocycles. The van der Waals surface area contributed by atoms with Crippen LogP contribution in [-0.4, -0.2) is 41.8 Å². The maximum atomic E-state index is 13.1. The van der Waals surface area contributed by atoms with E-state index in [-0.39, 0.29) is 17.7 Å². The Morgan fingerprint density at radius 2 is 1.73 bits per heavy atom. The zero-order valence-electron chi connectivity index (χ0n) is 21.4. The van der Waals surface area contributed by atoms with E-state index in [2.05, 4.69) is 10.2 Å². The van der Waals surface area contributed by atoms with Crippen LogP contribution in [0.5, 0.6) is 5.75 Å². The maximum Gasteiger partial charge on any atom is 0.238 e. The summed E-state index contributed by atoms with van der Waals surface area (Å²) < 4.78 is 5.26. The molecule has 0 bridgehead atoms. The fraction of sp³-hybridized carbons (Fsp3) is 0.333. The normalized spacial score (nSPS) is 19.6. The quantitative estimate of drug-likeness (QED) is 0.356. The highest BCUT2D eigenvalue weighted by Crippen LogP contribution is 2.36. The molecule has 1 fully saturated rings. The number of nitrogens with two attached hydrogens (primary N) is 1. The van der Waals surface area contributed by atoms with Gasteiger partial charge in [-0.15, -0.1) is 0 Å². The lowest BCUT2D eigenvalue weighted by molar-refractivity contribution is -0.129. The first-order chi connectivity index (χ1) is 17.8. The van der Waals surface area contributed by atoms with E-state index in [9.17, 15) is 9.59 Å². The first-order valence-electron chi connectivity index (χ1n) is 12.6. The Morgan fingerprint density at radius 3 is 2.35 bits per heavy atom. The first-order valence-corrected chi connectivity index (χ1v) is 12.9. The number of likely N-dealkylation sites (tertiary alicyclic amines) is 1. The second kappa shape index (κ2) is 11.9. The summed E-state index contributed by atoms with van der Waals surface area (Å²) in [6.07, 6.45) is 1.85. The molecule has 0 radical (unpaired) electrons. The second-order valence-corrected chi connectivity index (χ2v) is 10.2. The van der Waals surface area contributed by atoms with Crippen LogP contribution in [0.15, 0.2) is 72.8 Å². The standard InChI is InChI=1S/C30H34ClN3O3/c1-21(35)24-11-7-22(8-12-24)15-16-30(29(32)36)17-26(33-18-23-9-13-27(37-2)14-10-23)20-34(30)19-25-5-3-4-6-28(25)31/h3-14,26,33H,15-20H2,1-2H3,(H2,32,36). The fourth-order valence-electron chi connectivity index (χ4n) is 5.13. The van der Waals surface area contributed by atoms with Crippen molar-refractivity contribution in [3.63, 3.8) is 0 Å². The number of halogens is 1. The molecule has 4 rings (SSSR count). The predicted octanol–water partition coefficient (Wildman–Crippen LogP) is 4.77. The van der Waals surface area contributed by atoms with Crippen molar-refractivity contribution in [2.45, 2.75) is 50.9 Å². The number of carbonyl (C=O) groups is 2. The molecule has 194 valence electrons. The van der Waals surface area contributed by atoms with Crippen LogP contribution in [-0.2, 0) is 24.3 Å². The molecule has 3 aromatic rings. The van der Waals surface area contributed by atoms with E-state index >= 15 is 0 Å². The van der Waals surface area contributed by atoms with E-state index < -0.39 is 5.54 Å². The van der Waals surface area contributed by atoms with Crippen molar-refractivity contribution in [1.29, 1.82) is 0 Å². The van der Waals surface area contributed by atoms with Crippen molar-refractivity contribution in [2.24, 2.45) is 5.73 Å². The number of primary amides is 1. The monoisotopic (exact) mass is 519 g/mol. The number of benzene rings is 3. The number of nitrogens with zero attached hydrogens (tertiary/aromatic N) is 1. The lowest BCUT2D eigenvalue weighted by Gasteiger charge is -2.36. The van der Waals surface area contributed by atoms with E-state index in [4.69, 9.17) is 22.1 Å². The van der Waals surface area contributed by atoms with Crippen molar-refractivity contribution in [3.8, 4) is 5.75 Å². The molecule has 1 saturated heterocycles. The summed E-state index contributed by atoms with van der Waals surface area (Å²) in [5.74, 6) is 0.529. The van der Waals surface area contributed by atoms with Crippen LogP contribution in [0.25, 0.3) is 0 Å². The van der Waals surface area contributed by atoms with Gasteiger partial charge in [0.15, 0.2) is 5.78 Å². The largest absolute Gasteiger partial charge is 0.497 e. The van der Waals surface area contributed by atoms with E-state index in [0.717, 1.165) is 22.4 Å². The molecule has 1 amide bonds. The van der Waals surface area contributed by atoms with Gasteiger partial charge in [-0.1, -0.05) is 66.2 Å². The van der Waals surface area contributed by atoms with Gasteiger partial charge in [-0.25, -0.2) is 0 Å². The zero-order valence-corrected chi connectivity index (χ0v) is 22.1. The average molecular weight is 520 g/mol. The molecule has 2 atom stereocenters. The molecule has 0 spiro atoms. The Hall–Kier alpha value is -3.19. The van der Waals surface area contributed by atoms with Gasteiger partial charge in [-0.05, 0) is 61.1 Å². The number of ether oxygens (including phenoxy) is 1. The van der Waals surface area contributed by atoms with Crippen LogP contribution in [0.4, 0.5) is 0 Å². The molecule has 3 aromatic carbocycles. The summed E-state index contributed by atoms with van der Waals surface area (Å²) in [7, 11) is 1.65. The van der Waals surface area contributed by atoms with E-state index in [1.54, 1.807) is 14.0 Å². The molecule has 0 aliphatic carbocycles. The summed E-state index contributed by atoms with van der Waals surface area (Å²) >= 11 is 6.49. The van der Waals surface area contributed by atoms with Crippen molar-refractivity contribution in [3.05, 3.63) is 100 Å². The van der Waals surface area contributed by atoms with Crippen molar-refractivity contribution in [2.75, 3.05) is 13.7 Å². The molecule has 37 heavy (non-hydrogen) atoms. The van der Waals surface area contributed by atoms with Crippen molar-refractivity contribution >= 4 is 23.3 Å². The molecule has 0 saturated carbocycles. The van der Waals surface area contributed by atoms with Crippen molar-refractivity contribution in [1.82, 2.24) is 10.2 Å². The molecule has 6 nitrogen and oxygen atoms in total. The minimum Gasteiger partial charge on any atom is -0.497 e. The Morgan fingerprint density at radius 1 is 1.05 bits per heavy atom. The average Bonchev–Trinajstić information content (AvgIpc) is 3.26. The van der Waals surface area contributed by atoms with Gasteiger partial charge >= 0.3 is 0 Å². The fourth-order valence-corrected chi connectivity index (χ4v) is 5.33. The van der Waals surface area contributed by atoms with E-state index in [1.807, 2.05) is 72.8 Å². The Balaban J connectivity index is 1.54. The lowest BCUT2D eigenvalue weighted by atomic mass is 9.86. The van der Waals surface area contributed by atoms with Crippen LogP contribution in [0.3, 0.4) is 0 Å². The molecule has 1 aliphatic rings. The molecule has 1 aliphatic heterocycles. The van der Waals surface area contributed by atoms with Gasteiger partial charge in [0.1, 0.15) is 11.3 Å². The summed E-state index contributed by atoms with van der Waals surface area (Å²) in [5, 5.41) is 4.31. The third-order valence-electron chi connectivity index (χ3n) is 7.35. The molecule has 0 aromatic heterocycles. The predicted molar refractivity (Wildman–Crippen MR) is 147 cm³/mol. The third-order valence-corrected chi connectivity index (χ3v) is 7.72. The Bertz CT molecular complexity index is 1230. The highest BCUT2D eigenvalue weighted by Gasteiger charge is 2.49. The highest BCUT2D eigenvalue weighted by atomic mass is 35.5. The number of methoxy groups -OCH3 is 1. The number of ketones is 1. The summed E-state index contributed by atoms with van der Waals surface area (Å²) in [6.45, 7) is 3.44. The zero-order chi connectivity index (χ0) is 26.4. The van der Waals surface area contributed by atoms with Crippen molar-refractivity contribution < 1.29 is 14.3 Å². The number of nitrogens with one attached hydrogen (secondary N) is 1. The SMILES string of the molecule is COc1ccc(CNC2CN(Cc3ccccc3Cl)C(CCc3ccc(C(C)=O)cc3)(C(N)=O)C2)cc1. The number of carbonyl (C=O) groups excluding carboxylic acids is 2. The Kier molecular flexibility index (Phi) is 8.64. The number of aryl methyl sites for hydroxylation is 1. The summed E-state index contributed by atoms with van der Waals surface area (Å²) in [4.78, 5) is 27.0. The highest BCUT2D eigenvalue weighted by molar-refractivity contribution is 6.31. The van der Waals surface area contributed by atoms with E-state index in [0.29, 0.717) is 49.5 Å². The van der Waals surface area contributed by atoms with E-state index in [1.165, 1.54) is 0 Å². The number of Topliss-reactive ketones (excluding diaryl/α,β-unsaturated/α-hetero) is 1. The molecule has 7 heteroatoms. The van der Waals surface area contributed by atoms with Crippen LogP contribution >= 0.6 is 11.6 Å². The summed E-state index contributed by atoms with van der Waals surface area (Å²) in [5.41, 5.74) is 9.17. The minimum absolute atomic E-state index is 0.0349. The minimum atomic E-state index is -0.823. The van der Waals surface area contributed by atoms with Gasteiger partial charge in [0.2, 0.25) is 5.91 Å². The van der Waals surface area contributed by atoms with Gasteiger partial charge in [-0.2, -0.15) is 0 Å². The number of amides is 1. The van der Waals surface area contributed by atoms with Gasteiger partial charge in [0.25, 0.3) is 0 Å². The van der Waals surface area contributed by atoms with Gasteiger partial charge < -0.3 is 15.8 Å². The summed E-state index contributed by atoms with van der Waals surface area (Å²) in [6, 6.07) is 23.4. The number of rotatable bonds is 11.